The molecule has 0 aromatic rings. The topological polar surface area (TPSA) is 63.2 Å². The van der Waals surface area contributed by atoms with E-state index in [1.54, 1.807) is 6.92 Å². The average Bonchev–Trinajstić information content (AvgIpc) is 2.90. The summed E-state index contributed by atoms with van der Waals surface area (Å²) in [6.07, 6.45) is -1.25. The molecule has 3 aliphatic rings. The normalized spacial score (nSPS) is 44.0. The van der Waals surface area contributed by atoms with E-state index in [9.17, 15) is 4.79 Å². The summed E-state index contributed by atoms with van der Waals surface area (Å²) in [4.78, 5) is 11.6. The van der Waals surface area contributed by atoms with Crippen LogP contribution in [0.3, 0.4) is 0 Å². The van der Waals surface area contributed by atoms with Crippen LogP contribution in [0.15, 0.2) is 0 Å². The van der Waals surface area contributed by atoms with Gasteiger partial charge in [0, 0.05) is 6.92 Å². The molecule has 3 saturated heterocycles. The highest BCUT2D eigenvalue weighted by Gasteiger charge is 2.58. The number of thioether (sulfide) groups is 1. The summed E-state index contributed by atoms with van der Waals surface area (Å²) in [7, 11) is 0. The number of carbonyl (C=O) groups excluding carboxylic acids is 1. The first-order chi connectivity index (χ1) is 9.67. The van der Waals surface area contributed by atoms with Crippen molar-refractivity contribution in [1.29, 1.82) is 0 Å². The molecule has 0 aromatic heterocycles. The first kappa shape index (κ1) is 15.7. The van der Waals surface area contributed by atoms with Gasteiger partial charge in [-0.15, -0.1) is 0 Å². The molecular weight excluding hydrogens is 296 g/mol. The van der Waals surface area contributed by atoms with E-state index in [1.165, 1.54) is 11.8 Å². The van der Waals surface area contributed by atoms with E-state index in [0.717, 1.165) is 0 Å². The minimum atomic E-state index is -0.692. The monoisotopic (exact) mass is 318 g/mol. The summed E-state index contributed by atoms with van der Waals surface area (Å²) in [5, 5.41) is -0.127. The van der Waals surface area contributed by atoms with Gasteiger partial charge in [0.1, 0.15) is 18.3 Å². The molecule has 0 aromatic carbocycles. The van der Waals surface area contributed by atoms with Gasteiger partial charge in [0.2, 0.25) is 0 Å². The molecule has 3 rings (SSSR count). The zero-order valence-corrected chi connectivity index (χ0v) is 13.8. The molecule has 0 aliphatic carbocycles. The van der Waals surface area contributed by atoms with E-state index < -0.39 is 17.9 Å². The number of ether oxygens (including phenoxy) is 5. The highest BCUT2D eigenvalue weighted by molar-refractivity contribution is 8.14. The Balaban J connectivity index is 1.77. The van der Waals surface area contributed by atoms with Gasteiger partial charge in [-0.2, -0.15) is 0 Å². The van der Waals surface area contributed by atoms with Crippen molar-refractivity contribution in [3.8, 4) is 0 Å². The van der Waals surface area contributed by atoms with Crippen molar-refractivity contribution in [2.24, 2.45) is 0 Å². The van der Waals surface area contributed by atoms with E-state index >= 15 is 0 Å². The van der Waals surface area contributed by atoms with E-state index in [1.807, 2.05) is 27.7 Å². The minimum Gasteiger partial charge on any atom is -0.348 e. The van der Waals surface area contributed by atoms with Gasteiger partial charge in [-0.1, -0.05) is 11.8 Å². The molecule has 120 valence electrons. The fourth-order valence-electron chi connectivity index (χ4n) is 3.01. The molecule has 21 heavy (non-hydrogen) atoms. The molecule has 6 nitrogen and oxygen atoms in total. The highest BCUT2D eigenvalue weighted by atomic mass is 32.2. The van der Waals surface area contributed by atoms with Crippen LogP contribution in [0, 0.1) is 0 Å². The van der Waals surface area contributed by atoms with Crippen molar-refractivity contribution >= 4 is 16.9 Å². The van der Waals surface area contributed by atoms with E-state index in [-0.39, 0.29) is 28.7 Å². The van der Waals surface area contributed by atoms with Crippen LogP contribution in [0.2, 0.25) is 0 Å². The molecule has 0 unspecified atom stereocenters. The van der Waals surface area contributed by atoms with Crippen molar-refractivity contribution in [2.75, 3.05) is 6.61 Å². The van der Waals surface area contributed by atoms with E-state index in [0.29, 0.717) is 6.61 Å². The lowest BCUT2D eigenvalue weighted by molar-refractivity contribution is -0.219. The number of hydrogen-bond acceptors (Lipinski definition) is 7. The zero-order chi connectivity index (χ0) is 15.4. The van der Waals surface area contributed by atoms with Crippen LogP contribution in [-0.4, -0.2) is 53.1 Å². The Labute approximate surface area is 128 Å². The molecular formula is C14H22O6S. The molecule has 3 fully saturated rings. The van der Waals surface area contributed by atoms with Crippen molar-refractivity contribution in [2.45, 2.75) is 76.0 Å². The summed E-state index contributed by atoms with van der Waals surface area (Å²) < 4.78 is 29.1. The second kappa shape index (κ2) is 5.18. The molecule has 5 atom stereocenters. The van der Waals surface area contributed by atoms with Gasteiger partial charge in [0.05, 0.1) is 11.9 Å². The van der Waals surface area contributed by atoms with Crippen LogP contribution < -0.4 is 0 Å². The van der Waals surface area contributed by atoms with Crippen molar-refractivity contribution in [1.82, 2.24) is 0 Å². The van der Waals surface area contributed by atoms with Crippen LogP contribution in [0.25, 0.3) is 0 Å². The second-order valence-electron chi connectivity index (χ2n) is 6.51. The number of fused-ring (bicyclic) bond motifs is 1. The SMILES string of the molecule is CC(=O)S[C@H]1[C@H]([C@H]2COC(C)(C)O2)O[C@@H]2OC(C)(C)O[C@@H]21. The first-order valence-electron chi connectivity index (χ1n) is 7.17. The van der Waals surface area contributed by atoms with Gasteiger partial charge in [0.15, 0.2) is 23.0 Å². The van der Waals surface area contributed by atoms with Gasteiger partial charge in [-0.25, -0.2) is 0 Å². The quantitative estimate of drug-likeness (QED) is 0.767. The van der Waals surface area contributed by atoms with Crippen LogP contribution in [-0.2, 0) is 28.5 Å². The van der Waals surface area contributed by atoms with E-state index in [2.05, 4.69) is 0 Å². The van der Waals surface area contributed by atoms with Gasteiger partial charge in [-0.3, -0.25) is 4.79 Å². The Morgan fingerprint density at radius 2 is 1.76 bits per heavy atom. The Hall–Kier alpha value is -0.180. The Kier molecular flexibility index (Phi) is 3.87. The van der Waals surface area contributed by atoms with Crippen LogP contribution in [0.4, 0.5) is 0 Å². The molecule has 3 heterocycles. The van der Waals surface area contributed by atoms with Crippen LogP contribution in [0.1, 0.15) is 34.6 Å². The van der Waals surface area contributed by atoms with Crippen LogP contribution >= 0.6 is 11.8 Å². The lowest BCUT2D eigenvalue weighted by Crippen LogP contribution is -2.41. The smallest absolute Gasteiger partial charge is 0.188 e. The number of hydrogen-bond donors (Lipinski definition) is 0. The maximum atomic E-state index is 11.6. The van der Waals surface area contributed by atoms with Gasteiger partial charge < -0.3 is 23.7 Å². The molecule has 3 aliphatic heterocycles. The Morgan fingerprint density at radius 3 is 2.33 bits per heavy atom. The van der Waals surface area contributed by atoms with Gasteiger partial charge in [-0.05, 0) is 27.7 Å². The molecule has 0 bridgehead atoms. The van der Waals surface area contributed by atoms with Crippen molar-refractivity contribution < 1.29 is 28.5 Å². The van der Waals surface area contributed by atoms with Crippen molar-refractivity contribution in [3.05, 3.63) is 0 Å². The molecule has 7 heteroatoms. The summed E-state index contributed by atoms with van der Waals surface area (Å²) in [5.74, 6) is -1.32. The van der Waals surface area contributed by atoms with Crippen molar-refractivity contribution in [3.63, 3.8) is 0 Å². The predicted molar refractivity (Wildman–Crippen MR) is 75.7 cm³/mol. The number of carbonyl (C=O) groups is 1. The first-order valence-corrected chi connectivity index (χ1v) is 8.05. The molecule has 0 saturated carbocycles. The Bertz CT molecular complexity index is 437. The summed E-state index contributed by atoms with van der Waals surface area (Å²) >= 11 is 1.23. The van der Waals surface area contributed by atoms with E-state index in [4.69, 9.17) is 23.7 Å². The summed E-state index contributed by atoms with van der Waals surface area (Å²) in [5.41, 5.74) is 0. The lowest BCUT2D eigenvalue weighted by Gasteiger charge is -2.28. The molecule has 0 amide bonds. The van der Waals surface area contributed by atoms with Gasteiger partial charge >= 0.3 is 0 Å². The highest BCUT2D eigenvalue weighted by Crippen LogP contribution is 2.45. The molecule has 0 spiro atoms. The summed E-state index contributed by atoms with van der Waals surface area (Å²) in [6, 6.07) is 0. The average molecular weight is 318 g/mol. The zero-order valence-electron chi connectivity index (χ0n) is 13.0. The predicted octanol–water partition coefficient (Wildman–Crippen LogP) is 1.66. The molecule has 0 N–H and O–H groups in total. The maximum absolute atomic E-state index is 11.6. The maximum Gasteiger partial charge on any atom is 0.188 e. The lowest BCUT2D eigenvalue weighted by atomic mass is 10.1. The third kappa shape index (κ3) is 3.13. The standard InChI is InChI=1S/C14H22O6S/c1-7(15)21-11-9(8-6-16-13(2,3)18-8)17-12-10(11)19-14(4,5)20-12/h8-12H,6H2,1-5H3/t8-,9+,10-,11+,12-/m1/s1. The van der Waals surface area contributed by atoms with Crippen LogP contribution in [0.5, 0.6) is 0 Å². The third-order valence-corrected chi connectivity index (χ3v) is 4.87. The fourth-order valence-corrected chi connectivity index (χ4v) is 4.08. The Morgan fingerprint density at radius 1 is 1.05 bits per heavy atom. The third-order valence-electron chi connectivity index (χ3n) is 3.73. The summed E-state index contributed by atoms with van der Waals surface area (Å²) in [6.45, 7) is 9.41. The fraction of sp³-hybridized carbons (Fsp3) is 0.929. The number of rotatable bonds is 2. The molecule has 0 radical (unpaired) electrons. The minimum absolute atomic E-state index is 0.0285. The van der Waals surface area contributed by atoms with Gasteiger partial charge in [0.25, 0.3) is 0 Å². The second-order valence-corrected chi connectivity index (χ2v) is 7.87. The largest absolute Gasteiger partial charge is 0.348 e.